The monoisotopic (exact) mass is 364 g/mol. The normalized spacial score (nSPS) is 11.7. The van der Waals surface area contributed by atoms with E-state index in [1.807, 2.05) is 67.6 Å². The van der Waals surface area contributed by atoms with E-state index < -0.39 is 0 Å². The highest BCUT2D eigenvalue weighted by molar-refractivity contribution is 8.00. The number of rotatable bonds is 6. The number of hydrogen-bond acceptors (Lipinski definition) is 3. The van der Waals surface area contributed by atoms with Gasteiger partial charge in [-0.05, 0) is 30.7 Å². The predicted octanol–water partition coefficient (Wildman–Crippen LogP) is 4.34. The molecular weight excluding hydrogens is 344 g/mol. The van der Waals surface area contributed by atoms with Crippen LogP contribution in [0.15, 0.2) is 88.7 Å². The Morgan fingerprint density at radius 3 is 2.31 bits per heavy atom. The lowest BCUT2D eigenvalue weighted by atomic mass is 10.1. The number of hydrogen-bond donors (Lipinski definition) is 1. The molecule has 26 heavy (non-hydrogen) atoms. The SMILES string of the molecule is CCn1cc(NC(=O)C(Sc2ccccc2)c2ccccc2)ccc1=O. The van der Waals surface area contributed by atoms with Gasteiger partial charge in [0.15, 0.2) is 0 Å². The first-order chi connectivity index (χ1) is 12.7. The molecule has 1 unspecified atom stereocenters. The van der Waals surface area contributed by atoms with E-state index in [1.54, 1.807) is 16.8 Å². The van der Waals surface area contributed by atoms with E-state index in [-0.39, 0.29) is 16.7 Å². The average Bonchev–Trinajstić information content (AvgIpc) is 2.69. The van der Waals surface area contributed by atoms with Gasteiger partial charge in [0, 0.05) is 23.7 Å². The van der Waals surface area contributed by atoms with Gasteiger partial charge in [0.1, 0.15) is 5.25 Å². The molecule has 1 atom stereocenters. The second-order valence-corrected chi connectivity index (χ2v) is 6.93. The number of carbonyl (C=O) groups excluding carboxylic acids is 1. The molecule has 0 bridgehead atoms. The van der Waals surface area contributed by atoms with E-state index in [0.29, 0.717) is 12.2 Å². The number of thioether (sulfide) groups is 1. The van der Waals surface area contributed by atoms with Crippen LogP contribution in [0.5, 0.6) is 0 Å². The van der Waals surface area contributed by atoms with Gasteiger partial charge in [0.2, 0.25) is 5.91 Å². The number of aryl methyl sites for hydroxylation is 1. The summed E-state index contributed by atoms with van der Waals surface area (Å²) in [5.41, 5.74) is 1.47. The Balaban J connectivity index is 1.86. The third kappa shape index (κ3) is 4.43. The van der Waals surface area contributed by atoms with Crippen molar-refractivity contribution in [2.45, 2.75) is 23.6 Å². The van der Waals surface area contributed by atoms with Crippen LogP contribution in [0.1, 0.15) is 17.7 Å². The highest BCUT2D eigenvalue weighted by atomic mass is 32.2. The van der Waals surface area contributed by atoms with Crippen molar-refractivity contribution < 1.29 is 4.79 Å². The molecule has 0 aliphatic rings. The smallest absolute Gasteiger partial charge is 0.250 e. The molecule has 4 nitrogen and oxygen atoms in total. The standard InChI is InChI=1S/C21H20N2O2S/c1-2-23-15-17(13-14-19(23)24)22-21(25)20(16-9-5-3-6-10-16)26-18-11-7-4-8-12-18/h3-15,20H,2H2,1H3,(H,22,25). The van der Waals surface area contributed by atoms with Gasteiger partial charge < -0.3 is 9.88 Å². The van der Waals surface area contributed by atoms with Crippen LogP contribution in [0.25, 0.3) is 0 Å². The Labute approximate surface area is 156 Å². The molecule has 0 spiro atoms. The van der Waals surface area contributed by atoms with E-state index in [4.69, 9.17) is 0 Å². The maximum absolute atomic E-state index is 13.0. The number of aromatic nitrogens is 1. The first kappa shape index (κ1) is 18.0. The minimum atomic E-state index is -0.388. The fourth-order valence-electron chi connectivity index (χ4n) is 2.60. The maximum Gasteiger partial charge on any atom is 0.250 e. The minimum absolute atomic E-state index is 0.0798. The molecule has 0 radical (unpaired) electrons. The maximum atomic E-state index is 13.0. The largest absolute Gasteiger partial charge is 0.324 e. The van der Waals surface area contributed by atoms with Crippen LogP contribution >= 0.6 is 11.8 Å². The van der Waals surface area contributed by atoms with Crippen molar-refractivity contribution in [1.29, 1.82) is 0 Å². The van der Waals surface area contributed by atoms with Crippen molar-refractivity contribution in [1.82, 2.24) is 4.57 Å². The molecule has 1 amide bonds. The summed E-state index contributed by atoms with van der Waals surface area (Å²) < 4.78 is 1.57. The third-order valence-electron chi connectivity index (χ3n) is 3.93. The van der Waals surface area contributed by atoms with Crippen LogP contribution < -0.4 is 10.9 Å². The molecule has 0 saturated heterocycles. The van der Waals surface area contributed by atoms with Gasteiger partial charge in [-0.1, -0.05) is 48.5 Å². The van der Waals surface area contributed by atoms with E-state index in [2.05, 4.69) is 5.32 Å². The first-order valence-corrected chi connectivity index (χ1v) is 9.33. The number of benzene rings is 2. The quantitative estimate of drug-likeness (QED) is 0.662. The molecule has 0 aliphatic heterocycles. The fourth-order valence-corrected chi connectivity index (χ4v) is 3.64. The third-order valence-corrected chi connectivity index (χ3v) is 5.20. The number of carbonyl (C=O) groups is 1. The number of pyridine rings is 1. The van der Waals surface area contributed by atoms with Crippen molar-refractivity contribution in [2.75, 3.05) is 5.32 Å². The Morgan fingerprint density at radius 1 is 1.00 bits per heavy atom. The highest BCUT2D eigenvalue weighted by Crippen LogP contribution is 2.36. The lowest BCUT2D eigenvalue weighted by molar-refractivity contribution is -0.115. The van der Waals surface area contributed by atoms with E-state index in [1.165, 1.54) is 17.8 Å². The molecule has 1 aromatic heterocycles. The summed E-state index contributed by atoms with van der Waals surface area (Å²) in [7, 11) is 0. The van der Waals surface area contributed by atoms with Gasteiger partial charge in [-0.2, -0.15) is 0 Å². The summed E-state index contributed by atoms with van der Waals surface area (Å²) in [6, 6.07) is 22.7. The zero-order valence-electron chi connectivity index (χ0n) is 14.5. The van der Waals surface area contributed by atoms with E-state index in [9.17, 15) is 9.59 Å². The number of nitrogens with zero attached hydrogens (tertiary/aromatic N) is 1. The first-order valence-electron chi connectivity index (χ1n) is 8.45. The van der Waals surface area contributed by atoms with Gasteiger partial charge in [-0.25, -0.2) is 0 Å². The molecular formula is C21H20N2O2S. The topological polar surface area (TPSA) is 51.1 Å². The molecule has 3 rings (SSSR count). The van der Waals surface area contributed by atoms with Gasteiger partial charge in [-0.15, -0.1) is 11.8 Å². The molecule has 132 valence electrons. The lowest BCUT2D eigenvalue weighted by Crippen LogP contribution is -2.22. The Hall–Kier alpha value is -2.79. The van der Waals surface area contributed by atoms with Crippen molar-refractivity contribution in [3.63, 3.8) is 0 Å². The zero-order chi connectivity index (χ0) is 18.4. The van der Waals surface area contributed by atoms with Crippen molar-refractivity contribution >= 4 is 23.4 Å². The molecule has 3 aromatic rings. The van der Waals surface area contributed by atoms with Crippen LogP contribution in [-0.4, -0.2) is 10.5 Å². The van der Waals surface area contributed by atoms with Crippen LogP contribution in [-0.2, 0) is 11.3 Å². The average molecular weight is 364 g/mol. The Kier molecular flexibility index (Phi) is 5.92. The molecule has 0 aliphatic carbocycles. The Morgan fingerprint density at radius 2 is 1.65 bits per heavy atom. The summed E-state index contributed by atoms with van der Waals surface area (Å²) in [6.07, 6.45) is 1.68. The highest BCUT2D eigenvalue weighted by Gasteiger charge is 2.22. The lowest BCUT2D eigenvalue weighted by Gasteiger charge is -2.17. The second kappa shape index (κ2) is 8.54. The molecule has 0 fully saturated rings. The zero-order valence-corrected chi connectivity index (χ0v) is 15.3. The number of amides is 1. The molecule has 1 heterocycles. The van der Waals surface area contributed by atoms with Crippen molar-refractivity contribution in [3.05, 3.63) is 94.9 Å². The van der Waals surface area contributed by atoms with E-state index >= 15 is 0 Å². The summed E-state index contributed by atoms with van der Waals surface area (Å²) in [5.74, 6) is -0.119. The van der Waals surface area contributed by atoms with E-state index in [0.717, 1.165) is 10.5 Å². The van der Waals surface area contributed by atoms with Gasteiger partial charge in [-0.3, -0.25) is 9.59 Å². The predicted molar refractivity (Wildman–Crippen MR) is 106 cm³/mol. The van der Waals surface area contributed by atoms with Gasteiger partial charge >= 0.3 is 0 Å². The summed E-state index contributed by atoms with van der Waals surface area (Å²) >= 11 is 1.50. The number of anilines is 1. The molecule has 2 aromatic carbocycles. The molecule has 1 N–H and O–H groups in total. The Bertz CT molecular complexity index is 924. The molecule has 5 heteroatoms. The van der Waals surface area contributed by atoms with Crippen LogP contribution in [0.4, 0.5) is 5.69 Å². The molecule has 0 saturated carbocycles. The van der Waals surface area contributed by atoms with Gasteiger partial charge in [0.05, 0.1) is 5.69 Å². The van der Waals surface area contributed by atoms with Crippen LogP contribution in [0.2, 0.25) is 0 Å². The minimum Gasteiger partial charge on any atom is -0.324 e. The van der Waals surface area contributed by atoms with Crippen LogP contribution in [0, 0.1) is 0 Å². The summed E-state index contributed by atoms with van der Waals surface area (Å²) in [6.45, 7) is 2.45. The fraction of sp³-hybridized carbons (Fsp3) is 0.143. The number of nitrogens with one attached hydrogen (secondary N) is 1. The van der Waals surface area contributed by atoms with Crippen molar-refractivity contribution in [2.24, 2.45) is 0 Å². The van der Waals surface area contributed by atoms with Gasteiger partial charge in [0.25, 0.3) is 5.56 Å². The van der Waals surface area contributed by atoms with Crippen LogP contribution in [0.3, 0.4) is 0 Å². The summed E-state index contributed by atoms with van der Waals surface area (Å²) in [5, 5.41) is 2.55. The van der Waals surface area contributed by atoms with Crippen molar-refractivity contribution in [3.8, 4) is 0 Å². The summed E-state index contributed by atoms with van der Waals surface area (Å²) in [4.78, 5) is 25.7. The second-order valence-electron chi connectivity index (χ2n) is 5.75.